The average molecular weight is 363 g/mol. The third-order valence-electron chi connectivity index (χ3n) is 4.45. The molecule has 1 aromatic rings. The fraction of sp³-hybridized carbons (Fsp3) is 0.722. The number of ether oxygens (including phenoxy) is 1. The molecule has 2 aliphatic rings. The standard InChI is InChI=1S/C18H29N5O3/c1-12(2)15-8-14(26-21-15)10-20-16-19-9-13-11-22(6-7-23(13)16)17(24)25-18(3,4)5/h8,12-13H,6-7,9-11H2,1-5H3,(H,19,20). The summed E-state index contributed by atoms with van der Waals surface area (Å²) in [6.07, 6.45) is -0.249. The van der Waals surface area contributed by atoms with Crippen LogP contribution in [-0.4, -0.2) is 64.8 Å². The van der Waals surface area contributed by atoms with Gasteiger partial charge in [0.05, 0.1) is 24.8 Å². The van der Waals surface area contributed by atoms with E-state index < -0.39 is 5.60 Å². The number of rotatable bonds is 3. The van der Waals surface area contributed by atoms with E-state index >= 15 is 0 Å². The van der Waals surface area contributed by atoms with Crippen molar-refractivity contribution in [3.8, 4) is 0 Å². The van der Waals surface area contributed by atoms with Gasteiger partial charge >= 0.3 is 6.09 Å². The minimum atomic E-state index is -0.473. The molecule has 1 N–H and O–H groups in total. The maximum absolute atomic E-state index is 12.3. The zero-order valence-corrected chi connectivity index (χ0v) is 16.3. The van der Waals surface area contributed by atoms with E-state index in [-0.39, 0.29) is 12.1 Å². The Morgan fingerprint density at radius 3 is 2.85 bits per heavy atom. The van der Waals surface area contributed by atoms with Crippen LogP contribution in [0.3, 0.4) is 0 Å². The molecule has 1 unspecified atom stereocenters. The zero-order valence-electron chi connectivity index (χ0n) is 16.3. The van der Waals surface area contributed by atoms with Crippen LogP contribution in [0.25, 0.3) is 0 Å². The van der Waals surface area contributed by atoms with Gasteiger partial charge in [0, 0.05) is 25.7 Å². The highest BCUT2D eigenvalue weighted by Crippen LogP contribution is 2.19. The average Bonchev–Trinajstić information content (AvgIpc) is 3.17. The second-order valence-corrected chi connectivity index (χ2v) is 8.16. The van der Waals surface area contributed by atoms with E-state index in [2.05, 4.69) is 34.2 Å². The third-order valence-corrected chi connectivity index (χ3v) is 4.45. The Morgan fingerprint density at radius 1 is 1.42 bits per heavy atom. The van der Waals surface area contributed by atoms with Gasteiger partial charge < -0.3 is 24.4 Å². The second kappa shape index (κ2) is 7.17. The molecule has 2 aliphatic heterocycles. The summed E-state index contributed by atoms with van der Waals surface area (Å²) in [5.41, 5.74) is 0.484. The number of hydrogen-bond donors (Lipinski definition) is 1. The lowest BCUT2D eigenvalue weighted by Crippen LogP contribution is -2.57. The Morgan fingerprint density at radius 2 is 2.19 bits per heavy atom. The highest BCUT2D eigenvalue weighted by molar-refractivity contribution is 5.82. The lowest BCUT2D eigenvalue weighted by atomic mass is 10.1. The van der Waals surface area contributed by atoms with Crippen LogP contribution in [0.2, 0.25) is 0 Å². The molecule has 1 fully saturated rings. The van der Waals surface area contributed by atoms with Crippen LogP contribution in [0, 0.1) is 0 Å². The van der Waals surface area contributed by atoms with Crippen molar-refractivity contribution in [2.75, 3.05) is 26.2 Å². The molecule has 1 amide bonds. The lowest BCUT2D eigenvalue weighted by molar-refractivity contribution is 0.0137. The predicted octanol–water partition coefficient (Wildman–Crippen LogP) is 2.18. The van der Waals surface area contributed by atoms with Crippen LogP contribution in [0.5, 0.6) is 0 Å². The summed E-state index contributed by atoms with van der Waals surface area (Å²) in [6, 6.07) is 2.17. The van der Waals surface area contributed by atoms with E-state index in [4.69, 9.17) is 9.26 Å². The molecule has 3 heterocycles. The molecule has 0 bridgehead atoms. The van der Waals surface area contributed by atoms with Crippen molar-refractivity contribution >= 4 is 12.1 Å². The summed E-state index contributed by atoms with van der Waals surface area (Å²) in [7, 11) is 0. The summed E-state index contributed by atoms with van der Waals surface area (Å²) >= 11 is 0. The summed E-state index contributed by atoms with van der Waals surface area (Å²) in [6.45, 7) is 13.1. The first-order valence-corrected chi connectivity index (χ1v) is 9.21. The number of aromatic nitrogens is 1. The van der Waals surface area contributed by atoms with Gasteiger partial charge in [-0.3, -0.25) is 4.99 Å². The molecule has 8 nitrogen and oxygen atoms in total. The van der Waals surface area contributed by atoms with Crippen LogP contribution < -0.4 is 5.32 Å². The van der Waals surface area contributed by atoms with Gasteiger partial charge in [-0.05, 0) is 26.7 Å². The number of hydrogen-bond acceptors (Lipinski definition) is 7. The maximum atomic E-state index is 12.3. The van der Waals surface area contributed by atoms with Crippen LogP contribution in [0.1, 0.15) is 52.0 Å². The van der Waals surface area contributed by atoms with E-state index in [1.54, 1.807) is 4.90 Å². The molecule has 0 aliphatic carbocycles. The van der Waals surface area contributed by atoms with Gasteiger partial charge in [0.25, 0.3) is 0 Å². The van der Waals surface area contributed by atoms with E-state index in [0.717, 1.165) is 24.0 Å². The Hall–Kier alpha value is -2.25. The first-order chi connectivity index (χ1) is 12.2. The van der Waals surface area contributed by atoms with Crippen LogP contribution >= 0.6 is 0 Å². The van der Waals surface area contributed by atoms with E-state index in [1.807, 2.05) is 26.8 Å². The molecule has 1 saturated heterocycles. The molecule has 1 aromatic heterocycles. The maximum Gasteiger partial charge on any atom is 0.410 e. The molecular weight excluding hydrogens is 334 g/mol. The van der Waals surface area contributed by atoms with Gasteiger partial charge in [0.1, 0.15) is 5.60 Å². The summed E-state index contributed by atoms with van der Waals surface area (Å²) in [5, 5.41) is 7.41. The van der Waals surface area contributed by atoms with Gasteiger partial charge in [0.2, 0.25) is 0 Å². The molecule has 144 valence electrons. The fourth-order valence-corrected chi connectivity index (χ4v) is 3.07. The van der Waals surface area contributed by atoms with Gasteiger partial charge in [-0.2, -0.15) is 0 Å². The van der Waals surface area contributed by atoms with Gasteiger partial charge in [-0.25, -0.2) is 4.79 Å². The van der Waals surface area contributed by atoms with Crippen LogP contribution in [0.4, 0.5) is 4.79 Å². The van der Waals surface area contributed by atoms with Crippen LogP contribution in [-0.2, 0) is 11.3 Å². The monoisotopic (exact) mass is 363 g/mol. The van der Waals surface area contributed by atoms with Crippen molar-refractivity contribution < 1.29 is 14.1 Å². The Kier molecular flexibility index (Phi) is 5.11. The Bertz CT molecular complexity index is 677. The molecule has 1 atom stereocenters. The van der Waals surface area contributed by atoms with Crippen molar-refractivity contribution in [3.63, 3.8) is 0 Å². The number of fused-ring (bicyclic) bond motifs is 1. The number of amides is 1. The largest absolute Gasteiger partial charge is 0.444 e. The minimum Gasteiger partial charge on any atom is -0.444 e. The number of carbonyl (C=O) groups excluding carboxylic acids is 1. The van der Waals surface area contributed by atoms with Crippen molar-refractivity contribution in [2.45, 2.75) is 58.7 Å². The highest BCUT2D eigenvalue weighted by Gasteiger charge is 2.36. The fourth-order valence-electron chi connectivity index (χ4n) is 3.07. The minimum absolute atomic E-state index is 0.194. The molecule has 3 rings (SSSR count). The molecule has 8 heteroatoms. The van der Waals surface area contributed by atoms with Crippen molar-refractivity contribution in [2.24, 2.45) is 4.99 Å². The summed E-state index contributed by atoms with van der Waals surface area (Å²) in [4.78, 5) is 20.9. The summed E-state index contributed by atoms with van der Waals surface area (Å²) in [5.74, 6) is 2.01. The first-order valence-electron chi connectivity index (χ1n) is 9.21. The lowest BCUT2D eigenvalue weighted by Gasteiger charge is -2.39. The second-order valence-electron chi connectivity index (χ2n) is 8.16. The van der Waals surface area contributed by atoms with Gasteiger partial charge in [-0.15, -0.1) is 0 Å². The van der Waals surface area contributed by atoms with Crippen LogP contribution in [0.15, 0.2) is 15.6 Å². The first kappa shape index (κ1) is 18.5. The van der Waals surface area contributed by atoms with Crippen molar-refractivity contribution in [3.05, 3.63) is 17.5 Å². The van der Waals surface area contributed by atoms with E-state index in [9.17, 15) is 4.79 Å². The third kappa shape index (κ3) is 4.28. The number of guanidine groups is 1. The molecule has 0 spiro atoms. The molecule has 0 aromatic carbocycles. The topological polar surface area (TPSA) is 83.2 Å². The quantitative estimate of drug-likeness (QED) is 0.886. The van der Waals surface area contributed by atoms with Gasteiger partial charge in [-0.1, -0.05) is 19.0 Å². The molecular formula is C18H29N5O3. The zero-order chi connectivity index (χ0) is 18.9. The number of piperazine rings is 1. The van der Waals surface area contributed by atoms with E-state index in [0.29, 0.717) is 32.1 Å². The highest BCUT2D eigenvalue weighted by atomic mass is 16.6. The van der Waals surface area contributed by atoms with Crippen molar-refractivity contribution in [1.29, 1.82) is 0 Å². The number of nitrogens with zero attached hydrogens (tertiary/aromatic N) is 4. The SMILES string of the molecule is CC(C)c1cc(CNC2=NCC3CN(C(=O)OC(C)(C)C)CCN23)on1. The molecule has 26 heavy (non-hydrogen) atoms. The summed E-state index contributed by atoms with van der Waals surface area (Å²) < 4.78 is 10.8. The predicted molar refractivity (Wildman–Crippen MR) is 98.0 cm³/mol. The number of aliphatic imine (C=N–C) groups is 1. The van der Waals surface area contributed by atoms with E-state index in [1.165, 1.54) is 0 Å². The Labute approximate surface area is 154 Å². The Balaban J connectivity index is 1.51. The molecule has 0 radical (unpaired) electrons. The number of nitrogens with one attached hydrogen (secondary N) is 1. The van der Waals surface area contributed by atoms with Crippen molar-refractivity contribution in [1.82, 2.24) is 20.3 Å². The number of carbonyl (C=O) groups is 1. The normalized spacial score (nSPS) is 20.2. The van der Waals surface area contributed by atoms with Gasteiger partial charge in [0.15, 0.2) is 11.7 Å². The molecule has 0 saturated carbocycles. The smallest absolute Gasteiger partial charge is 0.410 e.